The molecule has 3 nitrogen and oxygen atoms in total. The molecule has 2 fully saturated rings. The molecule has 0 aromatic carbocycles. The van der Waals surface area contributed by atoms with Crippen molar-refractivity contribution in [3.8, 4) is 0 Å². The number of carbonyl (C=O) groups excluding carboxylic acids is 1. The van der Waals surface area contributed by atoms with Gasteiger partial charge in [-0.25, -0.2) is 0 Å². The lowest BCUT2D eigenvalue weighted by molar-refractivity contribution is -0.132. The Bertz CT molecular complexity index is 261. The summed E-state index contributed by atoms with van der Waals surface area (Å²) in [5.41, 5.74) is 0. The standard InChI is InChI=1S/C15H28N2O.ClH/c1-2-3-4-5-15(18)17-10-8-14(9-11-17)16-12-13-6-7-13;/h13-14,16H,2-12H2,1H3;1H. The number of nitrogens with zero attached hydrogens (tertiary/aromatic N) is 1. The molecule has 1 saturated heterocycles. The summed E-state index contributed by atoms with van der Waals surface area (Å²) < 4.78 is 0. The van der Waals surface area contributed by atoms with Crippen molar-refractivity contribution < 1.29 is 4.79 Å². The van der Waals surface area contributed by atoms with Crippen LogP contribution in [0.3, 0.4) is 0 Å². The molecule has 1 heterocycles. The van der Waals surface area contributed by atoms with Gasteiger partial charge in [0.1, 0.15) is 0 Å². The lowest BCUT2D eigenvalue weighted by Crippen LogP contribution is -2.45. The van der Waals surface area contributed by atoms with Crippen molar-refractivity contribution in [2.45, 2.75) is 64.3 Å². The Morgan fingerprint density at radius 2 is 1.84 bits per heavy atom. The number of carbonyl (C=O) groups is 1. The fraction of sp³-hybridized carbons (Fsp3) is 0.933. The molecule has 4 heteroatoms. The summed E-state index contributed by atoms with van der Waals surface area (Å²) in [7, 11) is 0. The third-order valence-corrected chi connectivity index (χ3v) is 4.23. The molecule has 1 N–H and O–H groups in total. The zero-order valence-corrected chi connectivity index (χ0v) is 13.0. The summed E-state index contributed by atoms with van der Waals surface area (Å²) in [5, 5.41) is 3.66. The van der Waals surface area contributed by atoms with Gasteiger partial charge < -0.3 is 10.2 Å². The molecule has 0 unspecified atom stereocenters. The minimum atomic E-state index is 0. The number of hydrogen-bond donors (Lipinski definition) is 1. The van der Waals surface area contributed by atoms with Gasteiger partial charge >= 0.3 is 0 Å². The maximum absolute atomic E-state index is 12.0. The predicted molar refractivity (Wildman–Crippen MR) is 81.7 cm³/mol. The van der Waals surface area contributed by atoms with Crippen molar-refractivity contribution in [1.82, 2.24) is 10.2 Å². The molecular formula is C15H29ClN2O. The van der Waals surface area contributed by atoms with Gasteiger partial charge in [0.25, 0.3) is 0 Å². The monoisotopic (exact) mass is 288 g/mol. The van der Waals surface area contributed by atoms with Crippen LogP contribution < -0.4 is 5.32 Å². The van der Waals surface area contributed by atoms with E-state index in [-0.39, 0.29) is 12.4 Å². The van der Waals surface area contributed by atoms with Crippen molar-refractivity contribution >= 4 is 18.3 Å². The molecule has 1 amide bonds. The van der Waals surface area contributed by atoms with Crippen molar-refractivity contribution in [1.29, 1.82) is 0 Å². The van der Waals surface area contributed by atoms with Gasteiger partial charge in [-0.1, -0.05) is 19.8 Å². The van der Waals surface area contributed by atoms with Gasteiger partial charge in [0, 0.05) is 25.6 Å². The largest absolute Gasteiger partial charge is 0.343 e. The zero-order chi connectivity index (χ0) is 12.8. The van der Waals surface area contributed by atoms with Gasteiger partial charge in [0.05, 0.1) is 0 Å². The van der Waals surface area contributed by atoms with E-state index in [0.717, 1.165) is 44.7 Å². The van der Waals surface area contributed by atoms with Crippen molar-refractivity contribution in [2.24, 2.45) is 5.92 Å². The zero-order valence-electron chi connectivity index (χ0n) is 12.2. The van der Waals surface area contributed by atoms with Gasteiger partial charge in [0.15, 0.2) is 0 Å². The number of hydrogen-bond acceptors (Lipinski definition) is 2. The molecule has 2 rings (SSSR count). The van der Waals surface area contributed by atoms with E-state index in [9.17, 15) is 4.79 Å². The summed E-state index contributed by atoms with van der Waals surface area (Å²) >= 11 is 0. The maximum Gasteiger partial charge on any atom is 0.222 e. The van der Waals surface area contributed by atoms with E-state index in [0.29, 0.717) is 11.9 Å². The van der Waals surface area contributed by atoms with Gasteiger partial charge in [-0.05, 0) is 44.6 Å². The molecule has 1 aliphatic carbocycles. The van der Waals surface area contributed by atoms with Gasteiger partial charge in [0.2, 0.25) is 5.91 Å². The minimum absolute atomic E-state index is 0. The van der Waals surface area contributed by atoms with Crippen LogP contribution in [0.15, 0.2) is 0 Å². The van der Waals surface area contributed by atoms with Crippen molar-refractivity contribution in [3.05, 3.63) is 0 Å². The second-order valence-electron chi connectivity index (χ2n) is 5.96. The second-order valence-corrected chi connectivity index (χ2v) is 5.96. The highest BCUT2D eigenvalue weighted by molar-refractivity contribution is 5.85. The molecule has 0 atom stereocenters. The van der Waals surface area contributed by atoms with E-state index >= 15 is 0 Å². The molecule has 112 valence electrons. The molecular weight excluding hydrogens is 260 g/mol. The van der Waals surface area contributed by atoms with Crippen LogP contribution in [-0.4, -0.2) is 36.5 Å². The molecule has 0 radical (unpaired) electrons. The Morgan fingerprint density at radius 3 is 2.42 bits per heavy atom. The molecule has 0 aromatic rings. The van der Waals surface area contributed by atoms with Crippen LogP contribution in [0, 0.1) is 5.92 Å². The molecule has 1 aliphatic heterocycles. The molecule has 0 spiro atoms. The van der Waals surface area contributed by atoms with Crippen LogP contribution in [0.5, 0.6) is 0 Å². The summed E-state index contributed by atoms with van der Waals surface area (Å²) in [6, 6.07) is 0.658. The highest BCUT2D eigenvalue weighted by Gasteiger charge is 2.25. The Hall–Kier alpha value is -0.280. The predicted octanol–water partition coefficient (Wildman–Crippen LogP) is 2.98. The first kappa shape index (κ1) is 16.8. The summed E-state index contributed by atoms with van der Waals surface area (Å²) in [5.74, 6) is 1.34. The summed E-state index contributed by atoms with van der Waals surface area (Å²) in [6.45, 7) is 5.32. The second kappa shape index (κ2) is 8.80. The maximum atomic E-state index is 12.0. The number of unbranched alkanes of at least 4 members (excludes halogenated alkanes) is 2. The number of rotatable bonds is 7. The quantitative estimate of drug-likeness (QED) is 0.731. The van der Waals surface area contributed by atoms with Crippen LogP contribution in [-0.2, 0) is 4.79 Å². The van der Waals surface area contributed by atoms with E-state index in [2.05, 4.69) is 17.1 Å². The Labute approximate surface area is 123 Å². The number of amides is 1. The SMILES string of the molecule is CCCCCC(=O)N1CCC(NCC2CC2)CC1.Cl. The van der Waals surface area contributed by atoms with E-state index in [1.54, 1.807) is 0 Å². The highest BCUT2D eigenvalue weighted by atomic mass is 35.5. The van der Waals surface area contributed by atoms with Crippen molar-refractivity contribution in [3.63, 3.8) is 0 Å². The Kier molecular flexibility index (Phi) is 7.77. The van der Waals surface area contributed by atoms with E-state index < -0.39 is 0 Å². The van der Waals surface area contributed by atoms with Crippen molar-refractivity contribution in [2.75, 3.05) is 19.6 Å². The third kappa shape index (κ3) is 6.13. The first-order valence-corrected chi connectivity index (χ1v) is 7.80. The van der Waals surface area contributed by atoms with E-state index in [1.165, 1.54) is 32.2 Å². The average molecular weight is 289 g/mol. The fourth-order valence-electron chi connectivity index (χ4n) is 2.67. The van der Waals surface area contributed by atoms with Crippen LogP contribution in [0.1, 0.15) is 58.3 Å². The van der Waals surface area contributed by atoms with Crippen LogP contribution >= 0.6 is 12.4 Å². The molecule has 0 aromatic heterocycles. The van der Waals surface area contributed by atoms with E-state index in [4.69, 9.17) is 0 Å². The lowest BCUT2D eigenvalue weighted by Gasteiger charge is -2.32. The van der Waals surface area contributed by atoms with E-state index in [1.807, 2.05) is 0 Å². The minimum Gasteiger partial charge on any atom is -0.343 e. The van der Waals surface area contributed by atoms with Crippen LogP contribution in [0.25, 0.3) is 0 Å². The summed E-state index contributed by atoms with van der Waals surface area (Å²) in [4.78, 5) is 14.0. The normalized spacial score (nSPS) is 20.2. The first-order chi connectivity index (χ1) is 8.79. The highest BCUT2D eigenvalue weighted by Crippen LogP contribution is 2.28. The van der Waals surface area contributed by atoms with Gasteiger partial charge in [-0.15, -0.1) is 12.4 Å². The molecule has 0 bridgehead atoms. The van der Waals surface area contributed by atoms with Gasteiger partial charge in [-0.3, -0.25) is 4.79 Å². The topological polar surface area (TPSA) is 32.3 Å². The molecule has 19 heavy (non-hydrogen) atoms. The number of likely N-dealkylation sites (tertiary alicyclic amines) is 1. The van der Waals surface area contributed by atoms with Crippen LogP contribution in [0.2, 0.25) is 0 Å². The number of halogens is 1. The number of piperidine rings is 1. The Balaban J connectivity index is 0.00000180. The fourth-order valence-corrected chi connectivity index (χ4v) is 2.67. The smallest absolute Gasteiger partial charge is 0.222 e. The molecule has 2 aliphatic rings. The number of nitrogens with one attached hydrogen (secondary N) is 1. The first-order valence-electron chi connectivity index (χ1n) is 7.80. The van der Waals surface area contributed by atoms with Crippen LogP contribution in [0.4, 0.5) is 0 Å². The van der Waals surface area contributed by atoms with Gasteiger partial charge in [-0.2, -0.15) is 0 Å². The third-order valence-electron chi connectivity index (χ3n) is 4.23. The molecule has 1 saturated carbocycles. The summed E-state index contributed by atoms with van der Waals surface area (Å²) in [6.07, 6.45) is 9.33. The lowest BCUT2D eigenvalue weighted by atomic mass is 10.0. The Morgan fingerprint density at radius 1 is 1.16 bits per heavy atom. The average Bonchev–Trinajstić information content (AvgIpc) is 3.21.